The van der Waals surface area contributed by atoms with Gasteiger partial charge in [-0.15, -0.1) is 0 Å². The predicted molar refractivity (Wildman–Crippen MR) is 89.0 cm³/mol. The zero-order valence-electron chi connectivity index (χ0n) is 14.2. The van der Waals surface area contributed by atoms with Crippen molar-refractivity contribution in [3.63, 3.8) is 0 Å². The van der Waals surface area contributed by atoms with Gasteiger partial charge in [-0.25, -0.2) is 0 Å². The van der Waals surface area contributed by atoms with E-state index in [9.17, 15) is 9.59 Å². The maximum Gasteiger partial charge on any atom is 0.230 e. The minimum absolute atomic E-state index is 0.0938. The number of piperidine rings is 1. The van der Waals surface area contributed by atoms with Crippen LogP contribution in [0.1, 0.15) is 31.2 Å². The summed E-state index contributed by atoms with van der Waals surface area (Å²) in [5.41, 5.74) is 0.716. The van der Waals surface area contributed by atoms with Crippen molar-refractivity contribution in [3.05, 3.63) is 30.1 Å². The van der Waals surface area contributed by atoms with Gasteiger partial charge in [0.2, 0.25) is 11.8 Å². The van der Waals surface area contributed by atoms with Crippen LogP contribution in [0.2, 0.25) is 0 Å². The van der Waals surface area contributed by atoms with Gasteiger partial charge in [-0.2, -0.15) is 0 Å². The number of amides is 2. The molecule has 1 atom stereocenters. The van der Waals surface area contributed by atoms with E-state index in [-0.39, 0.29) is 17.2 Å². The Kier molecular flexibility index (Phi) is 5.14. The molecule has 3 rings (SSSR count). The molecule has 1 aromatic heterocycles. The Morgan fingerprint density at radius 1 is 1.29 bits per heavy atom. The normalized spacial score (nSPS) is 24.0. The van der Waals surface area contributed by atoms with Crippen LogP contribution in [0, 0.1) is 5.41 Å². The van der Waals surface area contributed by atoms with Crippen LogP contribution < -0.4 is 0 Å². The van der Waals surface area contributed by atoms with E-state index < -0.39 is 0 Å². The minimum Gasteiger partial charge on any atom is -0.384 e. The number of pyridine rings is 1. The number of likely N-dealkylation sites (tertiary alicyclic amines) is 2. The Labute approximate surface area is 142 Å². The molecule has 0 aliphatic carbocycles. The van der Waals surface area contributed by atoms with Crippen LogP contribution in [0.4, 0.5) is 0 Å². The Morgan fingerprint density at radius 3 is 2.83 bits per heavy atom. The third-order valence-electron chi connectivity index (χ3n) is 5.17. The van der Waals surface area contributed by atoms with Crippen LogP contribution >= 0.6 is 0 Å². The first kappa shape index (κ1) is 16.9. The molecule has 2 fully saturated rings. The van der Waals surface area contributed by atoms with E-state index in [1.54, 1.807) is 19.5 Å². The van der Waals surface area contributed by atoms with Gasteiger partial charge >= 0.3 is 0 Å². The fraction of sp³-hybridized carbons (Fsp3) is 0.611. The number of aromatic nitrogens is 1. The van der Waals surface area contributed by atoms with Crippen molar-refractivity contribution < 1.29 is 14.3 Å². The SMILES string of the molecule is COCCC(=O)N1CCCC2(CCN(Cc3ccncc3)C2=O)C1. The summed E-state index contributed by atoms with van der Waals surface area (Å²) in [7, 11) is 1.60. The molecule has 0 bridgehead atoms. The summed E-state index contributed by atoms with van der Waals surface area (Å²) in [6, 6.07) is 3.89. The van der Waals surface area contributed by atoms with Crippen molar-refractivity contribution in [2.45, 2.75) is 32.2 Å². The van der Waals surface area contributed by atoms with Gasteiger partial charge in [-0.3, -0.25) is 14.6 Å². The highest BCUT2D eigenvalue weighted by Crippen LogP contribution is 2.40. The molecule has 24 heavy (non-hydrogen) atoms. The summed E-state index contributed by atoms with van der Waals surface area (Å²) in [5, 5.41) is 0. The van der Waals surface area contributed by atoms with E-state index in [1.165, 1.54) is 0 Å². The van der Waals surface area contributed by atoms with Crippen LogP contribution in [0.25, 0.3) is 0 Å². The van der Waals surface area contributed by atoms with E-state index in [0.29, 0.717) is 26.1 Å². The second-order valence-electron chi connectivity index (χ2n) is 6.77. The average molecular weight is 331 g/mol. The van der Waals surface area contributed by atoms with E-state index in [2.05, 4.69) is 4.98 Å². The summed E-state index contributed by atoms with van der Waals surface area (Å²) in [6.07, 6.45) is 6.51. The maximum atomic E-state index is 13.0. The summed E-state index contributed by atoms with van der Waals surface area (Å²) < 4.78 is 5.00. The molecule has 0 saturated carbocycles. The largest absolute Gasteiger partial charge is 0.384 e. The quantitative estimate of drug-likeness (QED) is 0.819. The van der Waals surface area contributed by atoms with Gasteiger partial charge in [0.25, 0.3) is 0 Å². The van der Waals surface area contributed by atoms with E-state index in [1.807, 2.05) is 21.9 Å². The van der Waals surface area contributed by atoms with Gasteiger partial charge in [0.1, 0.15) is 0 Å². The Bertz CT molecular complexity index is 592. The number of nitrogens with zero attached hydrogens (tertiary/aromatic N) is 3. The highest BCUT2D eigenvalue weighted by Gasteiger charge is 2.49. The first-order chi connectivity index (χ1) is 11.6. The average Bonchev–Trinajstić information content (AvgIpc) is 2.90. The second-order valence-corrected chi connectivity index (χ2v) is 6.77. The highest BCUT2D eigenvalue weighted by atomic mass is 16.5. The molecular formula is C18H25N3O3. The summed E-state index contributed by atoms with van der Waals surface area (Å²) in [5.74, 6) is 0.292. The molecular weight excluding hydrogens is 306 g/mol. The van der Waals surface area contributed by atoms with Crippen LogP contribution in [0.3, 0.4) is 0 Å². The number of methoxy groups -OCH3 is 1. The molecule has 6 heteroatoms. The van der Waals surface area contributed by atoms with Crippen molar-refractivity contribution in [3.8, 4) is 0 Å². The van der Waals surface area contributed by atoms with Crippen molar-refractivity contribution in [2.24, 2.45) is 5.41 Å². The fourth-order valence-electron chi connectivity index (χ4n) is 3.82. The molecule has 2 aliphatic rings. The van der Waals surface area contributed by atoms with Gasteiger partial charge in [0.15, 0.2) is 0 Å². The van der Waals surface area contributed by atoms with Gasteiger partial charge in [-0.05, 0) is 37.0 Å². The van der Waals surface area contributed by atoms with Crippen LogP contribution in [-0.4, -0.2) is 59.9 Å². The van der Waals surface area contributed by atoms with Crippen LogP contribution in [0.15, 0.2) is 24.5 Å². The van der Waals surface area contributed by atoms with Gasteiger partial charge in [0.05, 0.1) is 18.4 Å². The molecule has 0 N–H and O–H groups in total. The molecule has 6 nitrogen and oxygen atoms in total. The molecule has 2 saturated heterocycles. The first-order valence-electron chi connectivity index (χ1n) is 8.60. The Morgan fingerprint density at radius 2 is 2.08 bits per heavy atom. The monoisotopic (exact) mass is 331 g/mol. The maximum absolute atomic E-state index is 13.0. The number of hydrogen-bond acceptors (Lipinski definition) is 4. The standard InChI is InChI=1S/C18H25N3O3/c1-24-12-5-16(22)21-10-2-6-18(14-21)7-11-20(17(18)23)13-15-3-8-19-9-4-15/h3-4,8-9H,2,5-7,10-14H2,1H3. The van der Waals surface area contributed by atoms with Crippen molar-refractivity contribution in [1.29, 1.82) is 0 Å². The molecule has 0 radical (unpaired) electrons. The lowest BCUT2D eigenvalue weighted by atomic mass is 9.78. The number of rotatable bonds is 5. The molecule has 1 unspecified atom stereocenters. The van der Waals surface area contributed by atoms with Crippen molar-refractivity contribution in [1.82, 2.24) is 14.8 Å². The van der Waals surface area contributed by atoms with Gasteiger partial charge < -0.3 is 14.5 Å². The summed E-state index contributed by atoms with van der Waals surface area (Å²) >= 11 is 0. The molecule has 2 amide bonds. The smallest absolute Gasteiger partial charge is 0.230 e. The molecule has 2 aliphatic heterocycles. The number of hydrogen-bond donors (Lipinski definition) is 0. The van der Waals surface area contributed by atoms with Crippen molar-refractivity contribution in [2.75, 3.05) is 33.4 Å². The summed E-state index contributed by atoms with van der Waals surface area (Å²) in [4.78, 5) is 33.1. The van der Waals surface area contributed by atoms with Crippen molar-refractivity contribution >= 4 is 11.8 Å². The second kappa shape index (κ2) is 7.30. The van der Waals surface area contributed by atoms with E-state index in [0.717, 1.165) is 37.9 Å². The van der Waals surface area contributed by atoms with Crippen LogP contribution in [-0.2, 0) is 20.9 Å². The predicted octanol–water partition coefficient (Wildman–Crippen LogP) is 1.46. The zero-order valence-corrected chi connectivity index (χ0v) is 14.2. The topological polar surface area (TPSA) is 62.7 Å². The lowest BCUT2D eigenvalue weighted by molar-refractivity contribution is -0.144. The molecule has 130 valence electrons. The van der Waals surface area contributed by atoms with Crippen LogP contribution in [0.5, 0.6) is 0 Å². The molecule has 1 spiro atoms. The number of ether oxygens (including phenoxy) is 1. The third-order valence-corrected chi connectivity index (χ3v) is 5.17. The highest BCUT2D eigenvalue weighted by molar-refractivity contribution is 5.86. The third kappa shape index (κ3) is 3.43. The number of carbonyl (C=O) groups excluding carboxylic acids is 2. The molecule has 3 heterocycles. The Hall–Kier alpha value is -1.95. The van der Waals surface area contributed by atoms with E-state index in [4.69, 9.17) is 4.74 Å². The lowest BCUT2D eigenvalue weighted by Gasteiger charge is -2.39. The number of carbonyl (C=O) groups is 2. The molecule has 1 aromatic rings. The summed E-state index contributed by atoms with van der Waals surface area (Å²) in [6.45, 7) is 3.13. The Balaban J connectivity index is 1.65. The van der Waals surface area contributed by atoms with Gasteiger partial charge in [-0.1, -0.05) is 0 Å². The minimum atomic E-state index is -0.381. The fourth-order valence-corrected chi connectivity index (χ4v) is 3.82. The first-order valence-corrected chi connectivity index (χ1v) is 8.60. The van der Waals surface area contributed by atoms with Gasteiger partial charge in [0, 0.05) is 45.7 Å². The zero-order chi connectivity index (χ0) is 17.0. The van der Waals surface area contributed by atoms with E-state index >= 15 is 0 Å². The lowest BCUT2D eigenvalue weighted by Crippen LogP contribution is -2.49. The molecule has 0 aromatic carbocycles.